The number of carbonyl (C=O) groups excluding carboxylic acids is 4. The molecule has 6 nitrogen and oxygen atoms in total. The van der Waals surface area contributed by atoms with Gasteiger partial charge in [-0.1, -0.05) is 59.7 Å². The highest BCUT2D eigenvalue weighted by molar-refractivity contribution is 6.21. The number of rotatable bonds is 5. The van der Waals surface area contributed by atoms with Gasteiger partial charge >= 0.3 is 5.97 Å². The average Bonchev–Trinajstić information content (AvgIpc) is 2.96. The Balaban J connectivity index is 1.42. The Kier molecular flexibility index (Phi) is 4.45. The van der Waals surface area contributed by atoms with E-state index in [0.717, 1.165) is 10.8 Å². The Hall–Kier alpha value is -3.80. The van der Waals surface area contributed by atoms with Crippen LogP contribution in [0.25, 0.3) is 10.8 Å². The van der Waals surface area contributed by atoms with Crippen LogP contribution in [0.15, 0.2) is 66.7 Å². The van der Waals surface area contributed by atoms with Crippen LogP contribution in [0.2, 0.25) is 0 Å². The molecule has 0 N–H and O–H groups in total. The number of hydroxylamine groups is 2. The summed E-state index contributed by atoms with van der Waals surface area (Å²) in [4.78, 5) is 54.0. The standard InChI is InChI=1S/C22H15NO5/c24-19(16-11-5-7-14-6-1-2-8-15(14)16)12-13-20(25)28-23-21(26)17-9-3-4-10-18(17)22(23)27/h1-11H,12-13H2. The molecule has 0 spiro atoms. The van der Waals surface area contributed by atoms with E-state index in [0.29, 0.717) is 10.6 Å². The van der Waals surface area contributed by atoms with Gasteiger partial charge in [-0.25, -0.2) is 4.79 Å². The topological polar surface area (TPSA) is 80.8 Å². The summed E-state index contributed by atoms with van der Waals surface area (Å²) in [6.45, 7) is 0. The first-order valence-corrected chi connectivity index (χ1v) is 8.76. The highest BCUT2D eigenvalue weighted by Gasteiger charge is 2.38. The van der Waals surface area contributed by atoms with Crippen LogP contribution in [0.1, 0.15) is 43.9 Å². The predicted octanol–water partition coefficient (Wildman–Crippen LogP) is 3.56. The average molecular weight is 373 g/mol. The summed E-state index contributed by atoms with van der Waals surface area (Å²) in [5, 5.41) is 2.20. The molecule has 4 rings (SSSR count). The van der Waals surface area contributed by atoms with E-state index in [1.165, 1.54) is 12.1 Å². The summed E-state index contributed by atoms with van der Waals surface area (Å²) >= 11 is 0. The fraction of sp³-hybridized carbons (Fsp3) is 0.0909. The molecule has 1 aliphatic rings. The molecule has 3 aromatic carbocycles. The summed E-state index contributed by atoms with van der Waals surface area (Å²) in [5.74, 6) is -2.40. The van der Waals surface area contributed by atoms with E-state index in [4.69, 9.17) is 4.84 Å². The lowest BCUT2D eigenvalue weighted by atomic mass is 9.99. The molecule has 0 radical (unpaired) electrons. The molecule has 6 heteroatoms. The third kappa shape index (κ3) is 3.05. The lowest BCUT2D eigenvalue weighted by Gasteiger charge is -2.12. The van der Waals surface area contributed by atoms with Crippen LogP contribution in [0, 0.1) is 0 Å². The van der Waals surface area contributed by atoms with E-state index in [-0.39, 0.29) is 29.8 Å². The quantitative estimate of drug-likeness (QED) is 0.505. The fourth-order valence-corrected chi connectivity index (χ4v) is 3.22. The van der Waals surface area contributed by atoms with Crippen LogP contribution < -0.4 is 0 Å². The number of fused-ring (bicyclic) bond motifs is 2. The minimum Gasteiger partial charge on any atom is -0.330 e. The minimum absolute atomic E-state index is 0.0873. The number of carbonyl (C=O) groups is 4. The Morgan fingerprint density at radius 3 is 2.07 bits per heavy atom. The van der Waals surface area contributed by atoms with Gasteiger partial charge in [0.15, 0.2) is 5.78 Å². The van der Waals surface area contributed by atoms with Gasteiger partial charge in [-0.05, 0) is 22.9 Å². The summed E-state index contributed by atoms with van der Waals surface area (Å²) in [7, 11) is 0. The van der Waals surface area contributed by atoms with E-state index in [9.17, 15) is 19.2 Å². The first-order valence-electron chi connectivity index (χ1n) is 8.76. The molecule has 3 aromatic rings. The zero-order valence-electron chi connectivity index (χ0n) is 14.8. The van der Waals surface area contributed by atoms with E-state index >= 15 is 0 Å². The molecule has 0 atom stereocenters. The van der Waals surface area contributed by atoms with Gasteiger partial charge in [0.05, 0.1) is 17.5 Å². The van der Waals surface area contributed by atoms with Gasteiger partial charge < -0.3 is 4.84 Å². The summed E-state index contributed by atoms with van der Waals surface area (Å²) in [6, 6.07) is 19.1. The minimum atomic E-state index is -0.817. The van der Waals surface area contributed by atoms with Gasteiger partial charge in [0.1, 0.15) is 0 Å². The third-order valence-corrected chi connectivity index (χ3v) is 4.60. The van der Waals surface area contributed by atoms with E-state index in [1.807, 2.05) is 30.3 Å². The summed E-state index contributed by atoms with van der Waals surface area (Å²) in [6.07, 6.45) is -0.328. The van der Waals surface area contributed by atoms with Crippen LogP contribution in [-0.2, 0) is 9.63 Å². The molecule has 0 saturated heterocycles. The largest absolute Gasteiger partial charge is 0.333 e. The number of benzene rings is 3. The van der Waals surface area contributed by atoms with E-state index in [2.05, 4.69) is 0 Å². The monoisotopic (exact) mass is 373 g/mol. The maximum Gasteiger partial charge on any atom is 0.333 e. The smallest absolute Gasteiger partial charge is 0.330 e. The predicted molar refractivity (Wildman–Crippen MR) is 101 cm³/mol. The maximum atomic E-state index is 12.6. The van der Waals surface area contributed by atoms with Crippen LogP contribution in [0.4, 0.5) is 0 Å². The van der Waals surface area contributed by atoms with Gasteiger partial charge in [0.2, 0.25) is 0 Å². The zero-order valence-corrected chi connectivity index (χ0v) is 14.8. The summed E-state index contributed by atoms with van der Waals surface area (Å²) < 4.78 is 0. The van der Waals surface area contributed by atoms with Gasteiger partial charge in [0, 0.05) is 12.0 Å². The second kappa shape index (κ2) is 7.08. The van der Waals surface area contributed by atoms with Crippen LogP contribution in [0.5, 0.6) is 0 Å². The molecule has 138 valence electrons. The molecule has 0 bridgehead atoms. The normalized spacial score (nSPS) is 12.9. The fourth-order valence-electron chi connectivity index (χ4n) is 3.22. The first-order chi connectivity index (χ1) is 13.6. The lowest BCUT2D eigenvalue weighted by Crippen LogP contribution is -2.32. The Labute approximate surface area is 160 Å². The highest BCUT2D eigenvalue weighted by atomic mass is 16.7. The number of hydrogen-bond donors (Lipinski definition) is 0. The third-order valence-electron chi connectivity index (χ3n) is 4.60. The lowest BCUT2D eigenvalue weighted by molar-refractivity contribution is -0.168. The van der Waals surface area contributed by atoms with Gasteiger partial charge in [-0.15, -0.1) is 0 Å². The van der Waals surface area contributed by atoms with Crippen molar-refractivity contribution in [2.45, 2.75) is 12.8 Å². The van der Waals surface area contributed by atoms with Crippen molar-refractivity contribution in [2.75, 3.05) is 0 Å². The molecule has 28 heavy (non-hydrogen) atoms. The van der Waals surface area contributed by atoms with Crippen molar-refractivity contribution >= 4 is 34.3 Å². The molecule has 2 amide bonds. The SMILES string of the molecule is O=C(CCC(=O)c1cccc2ccccc12)ON1C(=O)c2ccccc2C1=O. The molecule has 0 aliphatic carbocycles. The van der Waals surface area contributed by atoms with Gasteiger partial charge in [-0.3, -0.25) is 14.4 Å². The van der Waals surface area contributed by atoms with E-state index in [1.54, 1.807) is 24.3 Å². The van der Waals surface area contributed by atoms with Crippen molar-refractivity contribution in [3.8, 4) is 0 Å². The second-order valence-electron chi connectivity index (χ2n) is 6.36. The van der Waals surface area contributed by atoms with E-state index < -0.39 is 17.8 Å². The second-order valence-corrected chi connectivity index (χ2v) is 6.36. The van der Waals surface area contributed by atoms with Crippen molar-refractivity contribution < 1.29 is 24.0 Å². The maximum absolute atomic E-state index is 12.6. The van der Waals surface area contributed by atoms with Crippen molar-refractivity contribution in [1.29, 1.82) is 0 Å². The van der Waals surface area contributed by atoms with Gasteiger partial charge in [-0.2, -0.15) is 0 Å². The van der Waals surface area contributed by atoms with Crippen molar-refractivity contribution in [3.63, 3.8) is 0 Å². The number of ketones is 1. The molecule has 0 unspecified atom stereocenters. The molecule has 1 aliphatic heterocycles. The van der Waals surface area contributed by atoms with Crippen LogP contribution >= 0.6 is 0 Å². The molecular formula is C22H15NO5. The van der Waals surface area contributed by atoms with Crippen molar-refractivity contribution in [1.82, 2.24) is 5.06 Å². The van der Waals surface area contributed by atoms with Gasteiger partial charge in [0.25, 0.3) is 11.8 Å². The summed E-state index contributed by atoms with van der Waals surface area (Å²) in [5.41, 5.74) is 0.894. The molecule has 0 fully saturated rings. The number of hydrogen-bond acceptors (Lipinski definition) is 5. The highest BCUT2D eigenvalue weighted by Crippen LogP contribution is 2.24. The molecule has 1 heterocycles. The molecule has 0 saturated carbocycles. The first kappa shape index (κ1) is 17.6. The van der Waals surface area contributed by atoms with Crippen LogP contribution in [-0.4, -0.2) is 28.6 Å². The Morgan fingerprint density at radius 2 is 1.36 bits per heavy atom. The number of imide groups is 1. The molecular weight excluding hydrogens is 358 g/mol. The zero-order chi connectivity index (χ0) is 19.7. The number of Topliss-reactive ketones (excluding diaryl/α,β-unsaturated/α-hetero) is 1. The Morgan fingerprint density at radius 1 is 0.750 bits per heavy atom. The number of amides is 2. The van der Waals surface area contributed by atoms with Crippen LogP contribution in [0.3, 0.4) is 0 Å². The number of nitrogens with zero attached hydrogens (tertiary/aromatic N) is 1. The van der Waals surface area contributed by atoms with Crippen molar-refractivity contribution in [3.05, 3.63) is 83.4 Å². The Bertz CT molecular complexity index is 1090. The molecule has 0 aromatic heterocycles. The van der Waals surface area contributed by atoms with Crippen molar-refractivity contribution in [2.24, 2.45) is 0 Å².